The minimum atomic E-state index is -0.270. The molecule has 1 aromatic heterocycles. The lowest BCUT2D eigenvalue weighted by Gasteiger charge is -2.05. The molecule has 0 aliphatic rings. The zero-order chi connectivity index (χ0) is 11.6. The lowest BCUT2D eigenvalue weighted by molar-refractivity contribution is 0.0514. The molecule has 0 aliphatic carbocycles. The molecule has 0 bridgehead atoms. The van der Waals surface area contributed by atoms with Crippen molar-refractivity contribution < 1.29 is 9.53 Å². The number of hydrogen-bond donors (Lipinski definition) is 0. The van der Waals surface area contributed by atoms with Gasteiger partial charge in [0.2, 0.25) is 0 Å². The van der Waals surface area contributed by atoms with Gasteiger partial charge in [-0.15, -0.1) is 0 Å². The van der Waals surface area contributed by atoms with E-state index in [1.54, 1.807) is 13.0 Å². The Kier molecular flexibility index (Phi) is 3.35. The summed E-state index contributed by atoms with van der Waals surface area (Å²) in [5.74, 6) is -0.270. The van der Waals surface area contributed by atoms with Gasteiger partial charge in [0.25, 0.3) is 0 Å². The maximum absolute atomic E-state index is 11.7. The Bertz CT molecular complexity index is 402. The number of rotatable bonds is 3. The molecular weight excluding hydrogens is 190 g/mol. The molecule has 0 amide bonds. The highest BCUT2D eigenvalue weighted by atomic mass is 16.5. The zero-order valence-electron chi connectivity index (χ0n) is 9.76. The van der Waals surface area contributed by atoms with Gasteiger partial charge in [-0.05, 0) is 31.9 Å². The molecule has 1 aromatic rings. The van der Waals surface area contributed by atoms with Crippen LogP contribution in [0, 0.1) is 13.8 Å². The van der Waals surface area contributed by atoms with Crippen molar-refractivity contribution in [2.75, 3.05) is 6.61 Å². The topological polar surface area (TPSA) is 31.2 Å². The molecule has 0 fully saturated rings. The van der Waals surface area contributed by atoms with E-state index in [1.807, 2.05) is 25.5 Å². The standard InChI is InChI=1S/C12H17NO2/c1-6-10-8(3)11(12(14)15-7-2)13(5)9(10)4/h6H,1,7H2,2-5H3. The second kappa shape index (κ2) is 4.34. The Balaban J connectivity index is 3.30. The van der Waals surface area contributed by atoms with Gasteiger partial charge >= 0.3 is 5.97 Å². The third-order valence-corrected chi connectivity index (χ3v) is 2.66. The molecule has 0 saturated carbocycles. The van der Waals surface area contributed by atoms with Crippen LogP contribution in [0.2, 0.25) is 0 Å². The van der Waals surface area contributed by atoms with Gasteiger partial charge in [0, 0.05) is 12.7 Å². The van der Waals surface area contributed by atoms with Crippen molar-refractivity contribution in [1.29, 1.82) is 0 Å². The molecule has 0 spiro atoms. The quantitative estimate of drug-likeness (QED) is 0.713. The first-order valence-electron chi connectivity index (χ1n) is 5.00. The largest absolute Gasteiger partial charge is 0.461 e. The third kappa shape index (κ3) is 1.82. The van der Waals surface area contributed by atoms with Crippen LogP contribution in [0.4, 0.5) is 0 Å². The molecule has 0 aliphatic heterocycles. The second-order valence-electron chi connectivity index (χ2n) is 3.46. The molecular formula is C12H17NO2. The fourth-order valence-corrected chi connectivity index (χ4v) is 1.79. The lowest BCUT2D eigenvalue weighted by atomic mass is 10.1. The van der Waals surface area contributed by atoms with Crippen molar-refractivity contribution in [3.8, 4) is 0 Å². The summed E-state index contributed by atoms with van der Waals surface area (Å²) in [6.45, 7) is 9.82. The first kappa shape index (κ1) is 11.6. The number of carbonyl (C=O) groups is 1. The van der Waals surface area contributed by atoms with Crippen LogP contribution in [0.3, 0.4) is 0 Å². The minimum absolute atomic E-state index is 0.270. The Morgan fingerprint density at radius 3 is 2.53 bits per heavy atom. The van der Waals surface area contributed by atoms with Crippen molar-refractivity contribution in [1.82, 2.24) is 4.57 Å². The summed E-state index contributed by atoms with van der Waals surface area (Å²) < 4.78 is 6.86. The van der Waals surface area contributed by atoms with Crippen molar-refractivity contribution in [3.05, 3.63) is 29.1 Å². The number of aromatic nitrogens is 1. The second-order valence-corrected chi connectivity index (χ2v) is 3.46. The summed E-state index contributed by atoms with van der Waals surface area (Å²) >= 11 is 0. The molecule has 3 heteroatoms. The van der Waals surface area contributed by atoms with Crippen LogP contribution in [0.15, 0.2) is 6.58 Å². The van der Waals surface area contributed by atoms with Gasteiger partial charge in [-0.2, -0.15) is 0 Å². The van der Waals surface area contributed by atoms with Crippen LogP contribution in [0.25, 0.3) is 6.08 Å². The van der Waals surface area contributed by atoms with Crippen LogP contribution in [-0.4, -0.2) is 17.1 Å². The average molecular weight is 207 g/mol. The molecule has 1 rings (SSSR count). The molecule has 0 radical (unpaired) electrons. The monoisotopic (exact) mass is 207 g/mol. The molecule has 3 nitrogen and oxygen atoms in total. The Morgan fingerprint density at radius 2 is 2.13 bits per heavy atom. The molecule has 0 atom stereocenters. The summed E-state index contributed by atoms with van der Waals surface area (Å²) in [6, 6.07) is 0. The van der Waals surface area contributed by atoms with Gasteiger partial charge in [0.15, 0.2) is 0 Å². The summed E-state index contributed by atoms with van der Waals surface area (Å²) in [4.78, 5) is 11.7. The molecule has 0 N–H and O–H groups in total. The number of ether oxygens (including phenoxy) is 1. The van der Waals surface area contributed by atoms with E-state index < -0.39 is 0 Å². The first-order chi connectivity index (χ1) is 7.04. The van der Waals surface area contributed by atoms with E-state index in [0.29, 0.717) is 12.3 Å². The van der Waals surface area contributed by atoms with E-state index in [1.165, 1.54) is 0 Å². The summed E-state index contributed by atoms with van der Waals surface area (Å²) in [5, 5.41) is 0. The van der Waals surface area contributed by atoms with Crippen LogP contribution in [-0.2, 0) is 11.8 Å². The Morgan fingerprint density at radius 1 is 1.53 bits per heavy atom. The van der Waals surface area contributed by atoms with Crippen LogP contribution in [0.5, 0.6) is 0 Å². The number of carbonyl (C=O) groups excluding carboxylic acids is 1. The summed E-state index contributed by atoms with van der Waals surface area (Å²) in [5.41, 5.74) is 3.60. The van der Waals surface area contributed by atoms with E-state index in [9.17, 15) is 4.79 Å². The zero-order valence-corrected chi connectivity index (χ0v) is 9.76. The third-order valence-electron chi connectivity index (χ3n) is 2.66. The van der Waals surface area contributed by atoms with Crippen LogP contribution < -0.4 is 0 Å². The Hall–Kier alpha value is -1.51. The smallest absolute Gasteiger partial charge is 0.355 e. The molecule has 0 saturated heterocycles. The highest BCUT2D eigenvalue weighted by Crippen LogP contribution is 2.22. The predicted octanol–water partition coefficient (Wildman–Crippen LogP) is 2.46. The molecule has 82 valence electrons. The normalized spacial score (nSPS) is 10.1. The Labute approximate surface area is 90.4 Å². The fourth-order valence-electron chi connectivity index (χ4n) is 1.79. The average Bonchev–Trinajstić information content (AvgIpc) is 2.39. The van der Waals surface area contributed by atoms with Gasteiger partial charge in [0.1, 0.15) is 5.69 Å². The van der Waals surface area contributed by atoms with Gasteiger partial charge in [-0.25, -0.2) is 4.79 Å². The minimum Gasteiger partial charge on any atom is -0.461 e. The summed E-state index contributed by atoms with van der Waals surface area (Å²) in [7, 11) is 1.86. The molecule has 0 unspecified atom stereocenters. The molecule has 1 heterocycles. The summed E-state index contributed by atoms with van der Waals surface area (Å²) in [6.07, 6.45) is 1.77. The molecule has 15 heavy (non-hydrogen) atoms. The van der Waals surface area contributed by atoms with E-state index >= 15 is 0 Å². The van der Waals surface area contributed by atoms with E-state index in [4.69, 9.17) is 4.74 Å². The predicted molar refractivity (Wildman–Crippen MR) is 60.9 cm³/mol. The molecule has 0 aromatic carbocycles. The van der Waals surface area contributed by atoms with Gasteiger partial charge in [-0.1, -0.05) is 12.7 Å². The van der Waals surface area contributed by atoms with Crippen LogP contribution >= 0.6 is 0 Å². The number of esters is 1. The number of nitrogens with zero attached hydrogens (tertiary/aromatic N) is 1. The van der Waals surface area contributed by atoms with E-state index in [2.05, 4.69) is 6.58 Å². The first-order valence-corrected chi connectivity index (χ1v) is 5.00. The van der Waals surface area contributed by atoms with Gasteiger partial charge in [-0.3, -0.25) is 0 Å². The van der Waals surface area contributed by atoms with Gasteiger partial charge in [0.05, 0.1) is 6.61 Å². The van der Waals surface area contributed by atoms with Crippen molar-refractivity contribution >= 4 is 12.0 Å². The van der Waals surface area contributed by atoms with Crippen LogP contribution in [0.1, 0.15) is 34.2 Å². The maximum Gasteiger partial charge on any atom is 0.355 e. The SMILES string of the molecule is C=Cc1c(C)c(C(=O)OCC)n(C)c1C. The van der Waals surface area contributed by atoms with Crippen molar-refractivity contribution in [3.63, 3.8) is 0 Å². The maximum atomic E-state index is 11.7. The highest BCUT2D eigenvalue weighted by Gasteiger charge is 2.19. The van der Waals surface area contributed by atoms with Crippen molar-refractivity contribution in [2.24, 2.45) is 7.05 Å². The highest BCUT2D eigenvalue weighted by molar-refractivity contribution is 5.91. The van der Waals surface area contributed by atoms with Gasteiger partial charge < -0.3 is 9.30 Å². The van der Waals surface area contributed by atoms with E-state index in [0.717, 1.165) is 16.8 Å². The van der Waals surface area contributed by atoms with E-state index in [-0.39, 0.29) is 5.97 Å². The van der Waals surface area contributed by atoms with Crippen molar-refractivity contribution in [2.45, 2.75) is 20.8 Å². The number of hydrogen-bond acceptors (Lipinski definition) is 2. The fraction of sp³-hybridized carbons (Fsp3) is 0.417. The lowest BCUT2D eigenvalue weighted by Crippen LogP contribution is -2.11.